The summed E-state index contributed by atoms with van der Waals surface area (Å²) in [5, 5.41) is 3.80. The van der Waals surface area contributed by atoms with E-state index in [4.69, 9.17) is 16.0 Å². The molecule has 3 nitrogen and oxygen atoms in total. The number of nitrogens with one attached hydrogen (secondary N) is 1. The number of halogens is 1. The fraction of sp³-hybridized carbons (Fsp3) is 0.600. The van der Waals surface area contributed by atoms with E-state index in [0.29, 0.717) is 11.3 Å². The van der Waals surface area contributed by atoms with Crippen LogP contribution in [0.1, 0.15) is 18.7 Å². The SMILES string of the molecule is C[C@@H](c1ccc(Cl)o1)N1CCNCC1. The van der Waals surface area contributed by atoms with E-state index in [9.17, 15) is 0 Å². The first-order valence-corrected chi connectivity index (χ1v) is 5.35. The Morgan fingerprint density at radius 2 is 2.14 bits per heavy atom. The Morgan fingerprint density at radius 1 is 1.43 bits per heavy atom. The van der Waals surface area contributed by atoms with Gasteiger partial charge in [0, 0.05) is 26.2 Å². The lowest BCUT2D eigenvalue weighted by Gasteiger charge is -2.31. The number of rotatable bonds is 2. The second-order valence-electron chi connectivity index (χ2n) is 3.60. The monoisotopic (exact) mass is 214 g/mol. The van der Waals surface area contributed by atoms with E-state index in [2.05, 4.69) is 17.1 Å². The van der Waals surface area contributed by atoms with Crippen LogP contribution in [-0.2, 0) is 0 Å². The Morgan fingerprint density at radius 3 is 2.71 bits per heavy atom. The van der Waals surface area contributed by atoms with Crippen molar-refractivity contribution in [2.24, 2.45) is 0 Å². The first-order chi connectivity index (χ1) is 6.77. The molecule has 0 spiro atoms. The summed E-state index contributed by atoms with van der Waals surface area (Å²) in [7, 11) is 0. The molecule has 0 unspecified atom stereocenters. The normalized spacial score (nSPS) is 21.0. The molecule has 1 fully saturated rings. The van der Waals surface area contributed by atoms with Crippen molar-refractivity contribution in [3.63, 3.8) is 0 Å². The van der Waals surface area contributed by atoms with Crippen LogP contribution in [0.2, 0.25) is 5.22 Å². The van der Waals surface area contributed by atoms with Crippen LogP contribution in [0.25, 0.3) is 0 Å². The maximum atomic E-state index is 5.75. The molecule has 78 valence electrons. The van der Waals surface area contributed by atoms with Gasteiger partial charge in [-0.25, -0.2) is 0 Å². The molecule has 1 N–H and O–H groups in total. The smallest absolute Gasteiger partial charge is 0.193 e. The van der Waals surface area contributed by atoms with Gasteiger partial charge in [0.15, 0.2) is 5.22 Å². The van der Waals surface area contributed by atoms with Gasteiger partial charge in [-0.05, 0) is 30.7 Å². The average molecular weight is 215 g/mol. The first-order valence-electron chi connectivity index (χ1n) is 4.97. The van der Waals surface area contributed by atoms with Gasteiger partial charge in [0.1, 0.15) is 5.76 Å². The number of piperazine rings is 1. The summed E-state index contributed by atoms with van der Waals surface area (Å²) in [6, 6.07) is 4.08. The largest absolute Gasteiger partial charge is 0.448 e. The van der Waals surface area contributed by atoms with Crippen LogP contribution >= 0.6 is 11.6 Å². The van der Waals surface area contributed by atoms with Crippen molar-refractivity contribution in [2.75, 3.05) is 26.2 Å². The van der Waals surface area contributed by atoms with Crippen molar-refractivity contribution in [1.29, 1.82) is 0 Å². The fourth-order valence-electron chi connectivity index (χ4n) is 1.80. The molecule has 0 aromatic carbocycles. The molecule has 1 aliphatic heterocycles. The lowest BCUT2D eigenvalue weighted by molar-refractivity contribution is 0.167. The van der Waals surface area contributed by atoms with E-state index in [-0.39, 0.29) is 0 Å². The molecule has 1 aromatic rings. The van der Waals surface area contributed by atoms with E-state index in [0.717, 1.165) is 31.9 Å². The molecule has 1 aromatic heterocycles. The zero-order valence-electron chi connectivity index (χ0n) is 8.29. The molecule has 1 saturated heterocycles. The van der Waals surface area contributed by atoms with Crippen molar-refractivity contribution in [3.8, 4) is 0 Å². The number of nitrogens with zero attached hydrogens (tertiary/aromatic N) is 1. The number of furan rings is 1. The minimum absolute atomic E-state index is 0.324. The van der Waals surface area contributed by atoms with Crippen LogP contribution < -0.4 is 5.32 Å². The molecule has 1 aliphatic rings. The van der Waals surface area contributed by atoms with Crippen LogP contribution in [0.15, 0.2) is 16.5 Å². The summed E-state index contributed by atoms with van der Waals surface area (Å²) in [5.41, 5.74) is 0. The zero-order valence-corrected chi connectivity index (χ0v) is 9.05. The second kappa shape index (κ2) is 4.34. The minimum Gasteiger partial charge on any atom is -0.448 e. The van der Waals surface area contributed by atoms with E-state index in [1.165, 1.54) is 0 Å². The minimum atomic E-state index is 0.324. The van der Waals surface area contributed by atoms with Crippen LogP contribution in [-0.4, -0.2) is 31.1 Å². The highest BCUT2D eigenvalue weighted by Gasteiger charge is 2.20. The molecule has 2 heterocycles. The molecule has 0 aliphatic carbocycles. The number of hydrogen-bond donors (Lipinski definition) is 1. The highest BCUT2D eigenvalue weighted by Crippen LogP contribution is 2.24. The summed E-state index contributed by atoms with van der Waals surface area (Å²) in [6.07, 6.45) is 0. The lowest BCUT2D eigenvalue weighted by atomic mass is 10.2. The third-order valence-corrected chi connectivity index (χ3v) is 2.91. The van der Waals surface area contributed by atoms with Crippen LogP contribution in [0.4, 0.5) is 0 Å². The van der Waals surface area contributed by atoms with Crippen molar-refractivity contribution in [1.82, 2.24) is 10.2 Å². The van der Waals surface area contributed by atoms with Gasteiger partial charge in [0.25, 0.3) is 0 Å². The lowest BCUT2D eigenvalue weighted by Crippen LogP contribution is -2.44. The predicted molar refractivity (Wildman–Crippen MR) is 56.6 cm³/mol. The summed E-state index contributed by atoms with van der Waals surface area (Å²) < 4.78 is 5.40. The molecular formula is C10H15ClN2O. The van der Waals surface area contributed by atoms with Crippen molar-refractivity contribution >= 4 is 11.6 Å². The van der Waals surface area contributed by atoms with Crippen LogP contribution in [0, 0.1) is 0 Å². The van der Waals surface area contributed by atoms with Gasteiger partial charge >= 0.3 is 0 Å². The van der Waals surface area contributed by atoms with E-state index in [1.54, 1.807) is 6.07 Å². The highest BCUT2D eigenvalue weighted by molar-refractivity contribution is 6.28. The van der Waals surface area contributed by atoms with E-state index < -0.39 is 0 Å². The van der Waals surface area contributed by atoms with Crippen LogP contribution in [0.5, 0.6) is 0 Å². The molecular weight excluding hydrogens is 200 g/mol. The van der Waals surface area contributed by atoms with Gasteiger partial charge in [0.2, 0.25) is 0 Å². The Kier molecular flexibility index (Phi) is 3.11. The maximum Gasteiger partial charge on any atom is 0.193 e. The summed E-state index contributed by atoms with van der Waals surface area (Å²) in [4.78, 5) is 2.39. The van der Waals surface area contributed by atoms with E-state index in [1.807, 2.05) is 6.07 Å². The van der Waals surface area contributed by atoms with Gasteiger partial charge in [0.05, 0.1) is 6.04 Å². The third-order valence-electron chi connectivity index (χ3n) is 2.71. The van der Waals surface area contributed by atoms with Crippen molar-refractivity contribution < 1.29 is 4.42 Å². The Balaban J connectivity index is 2.03. The molecule has 0 saturated carbocycles. The Hall–Kier alpha value is -0.510. The van der Waals surface area contributed by atoms with Crippen LogP contribution in [0.3, 0.4) is 0 Å². The third kappa shape index (κ3) is 2.11. The summed E-state index contributed by atoms with van der Waals surface area (Å²) >= 11 is 5.75. The molecule has 4 heteroatoms. The maximum absolute atomic E-state index is 5.75. The second-order valence-corrected chi connectivity index (χ2v) is 3.98. The fourth-order valence-corrected chi connectivity index (χ4v) is 1.95. The van der Waals surface area contributed by atoms with Gasteiger partial charge in [-0.15, -0.1) is 0 Å². The molecule has 1 atom stereocenters. The summed E-state index contributed by atoms with van der Waals surface area (Å²) in [5.74, 6) is 0.955. The van der Waals surface area contributed by atoms with Gasteiger partial charge in [-0.1, -0.05) is 0 Å². The first kappa shape index (κ1) is 10.0. The molecule has 0 bridgehead atoms. The quantitative estimate of drug-likeness (QED) is 0.815. The number of hydrogen-bond acceptors (Lipinski definition) is 3. The molecule has 14 heavy (non-hydrogen) atoms. The topological polar surface area (TPSA) is 28.4 Å². The van der Waals surface area contributed by atoms with Gasteiger partial charge in [-0.2, -0.15) is 0 Å². The molecule has 0 radical (unpaired) electrons. The predicted octanol–water partition coefficient (Wildman–Crippen LogP) is 1.90. The molecule has 0 amide bonds. The van der Waals surface area contributed by atoms with Crippen molar-refractivity contribution in [3.05, 3.63) is 23.1 Å². The highest BCUT2D eigenvalue weighted by atomic mass is 35.5. The van der Waals surface area contributed by atoms with Gasteiger partial charge < -0.3 is 9.73 Å². The summed E-state index contributed by atoms with van der Waals surface area (Å²) in [6.45, 7) is 6.40. The zero-order chi connectivity index (χ0) is 9.97. The average Bonchev–Trinajstić information content (AvgIpc) is 2.65. The Bertz CT molecular complexity index is 294. The molecule has 2 rings (SSSR count). The standard InChI is InChI=1S/C10H15ClN2O/c1-8(9-2-3-10(11)14-9)13-6-4-12-5-7-13/h2-3,8,12H,4-7H2,1H3/t8-/m0/s1. The Labute approximate surface area is 89.0 Å². The van der Waals surface area contributed by atoms with Gasteiger partial charge in [-0.3, -0.25) is 4.90 Å². The van der Waals surface area contributed by atoms with Crippen molar-refractivity contribution in [2.45, 2.75) is 13.0 Å². The van der Waals surface area contributed by atoms with E-state index >= 15 is 0 Å².